The van der Waals surface area contributed by atoms with Crippen LogP contribution in [0.25, 0.3) is 33.8 Å². The zero-order valence-electron chi connectivity index (χ0n) is 25.7. The van der Waals surface area contributed by atoms with Crippen LogP contribution < -0.4 is 0 Å². The Kier molecular flexibility index (Phi) is 8.59. The zero-order chi connectivity index (χ0) is 29.0. The summed E-state index contributed by atoms with van der Waals surface area (Å²) >= 11 is 0. The monoisotopic (exact) mass is 540 g/mol. The number of hydrogen-bond acceptors (Lipinski definition) is 1. The van der Waals surface area contributed by atoms with E-state index in [1.165, 1.54) is 55.8 Å². The second-order valence-electron chi connectivity index (χ2n) is 11.5. The fourth-order valence-electron chi connectivity index (χ4n) is 6.21. The fourth-order valence-corrected chi connectivity index (χ4v) is 6.21. The third kappa shape index (κ3) is 5.53. The lowest BCUT2D eigenvalue weighted by atomic mass is 9.74. The van der Waals surface area contributed by atoms with Gasteiger partial charge < -0.3 is 0 Å². The highest BCUT2D eigenvalue weighted by Gasteiger charge is 2.28. The van der Waals surface area contributed by atoms with Crippen LogP contribution in [0.1, 0.15) is 81.7 Å². The standard InChI is InChI=1S/C39H44N2/c1-7-29-18-15-19-30(8-2)37(29)33-22-23-35(39(6,9-3)10-4)34(26-33)38-40-24-25-41(38)36-27-32(21-20-28(36)5)31-16-13-11-12-14-17-31/h11-16,18-27H,7-10,17H2,1-6H3. The Hall–Kier alpha value is -3.91. The summed E-state index contributed by atoms with van der Waals surface area (Å²) in [4.78, 5) is 5.05. The number of hydrogen-bond donors (Lipinski definition) is 0. The van der Waals surface area contributed by atoms with Crippen LogP contribution in [0.2, 0.25) is 0 Å². The summed E-state index contributed by atoms with van der Waals surface area (Å²) < 4.78 is 2.31. The summed E-state index contributed by atoms with van der Waals surface area (Å²) in [5.74, 6) is 1.01. The SMILES string of the molecule is CCc1cccc(CC)c1-c1ccc(C(C)(CC)CC)c(-c2nccn2-c2cc(C3=CC=CC=CC3)ccc2C)c1. The van der Waals surface area contributed by atoms with Gasteiger partial charge in [0.25, 0.3) is 0 Å². The van der Waals surface area contributed by atoms with Crippen molar-refractivity contribution >= 4 is 5.57 Å². The van der Waals surface area contributed by atoms with Crippen molar-refractivity contribution in [2.24, 2.45) is 0 Å². The molecule has 0 aliphatic heterocycles. The Bertz CT molecular complexity index is 1600. The second kappa shape index (κ2) is 12.3. The Morgan fingerprint density at radius 3 is 2.27 bits per heavy atom. The van der Waals surface area contributed by atoms with Crippen LogP contribution >= 0.6 is 0 Å². The molecule has 0 bridgehead atoms. The first-order valence-electron chi connectivity index (χ1n) is 15.4. The molecule has 1 aliphatic carbocycles. The number of aryl methyl sites for hydroxylation is 3. The van der Waals surface area contributed by atoms with Crippen molar-refractivity contribution < 1.29 is 0 Å². The lowest BCUT2D eigenvalue weighted by Crippen LogP contribution is -2.21. The summed E-state index contributed by atoms with van der Waals surface area (Å²) in [5.41, 5.74) is 13.2. The predicted molar refractivity (Wildman–Crippen MR) is 177 cm³/mol. The first-order valence-corrected chi connectivity index (χ1v) is 15.4. The molecule has 2 heteroatoms. The maximum absolute atomic E-state index is 5.05. The van der Waals surface area contributed by atoms with Crippen LogP contribution in [0, 0.1) is 6.92 Å². The van der Waals surface area contributed by atoms with Gasteiger partial charge in [0.2, 0.25) is 0 Å². The van der Waals surface area contributed by atoms with Crippen LogP contribution in [0.15, 0.2) is 97.4 Å². The van der Waals surface area contributed by atoms with Crippen LogP contribution in [-0.4, -0.2) is 9.55 Å². The van der Waals surface area contributed by atoms with Gasteiger partial charge in [-0.05, 0) is 101 Å². The molecular weight excluding hydrogens is 496 g/mol. The molecule has 0 atom stereocenters. The molecule has 0 unspecified atom stereocenters. The smallest absolute Gasteiger partial charge is 0.144 e. The van der Waals surface area contributed by atoms with Gasteiger partial charge in [-0.15, -0.1) is 0 Å². The van der Waals surface area contributed by atoms with Gasteiger partial charge >= 0.3 is 0 Å². The van der Waals surface area contributed by atoms with Crippen molar-refractivity contribution in [3.63, 3.8) is 0 Å². The zero-order valence-corrected chi connectivity index (χ0v) is 25.7. The summed E-state index contributed by atoms with van der Waals surface area (Å²) in [6.07, 6.45) is 20.0. The minimum Gasteiger partial charge on any atom is -0.300 e. The van der Waals surface area contributed by atoms with E-state index in [1.807, 2.05) is 6.20 Å². The fraction of sp³-hybridized carbons (Fsp3) is 0.308. The van der Waals surface area contributed by atoms with Gasteiger partial charge in [-0.2, -0.15) is 0 Å². The summed E-state index contributed by atoms with van der Waals surface area (Å²) in [6, 6.07) is 20.8. The van der Waals surface area contributed by atoms with Crippen molar-refractivity contribution in [2.45, 2.75) is 79.1 Å². The number of rotatable bonds is 9. The van der Waals surface area contributed by atoms with E-state index in [2.05, 4.69) is 137 Å². The summed E-state index contributed by atoms with van der Waals surface area (Å²) in [5, 5.41) is 0. The number of benzene rings is 3. The van der Waals surface area contributed by atoms with Crippen molar-refractivity contribution in [3.8, 4) is 28.2 Å². The maximum atomic E-state index is 5.05. The van der Waals surface area contributed by atoms with Crippen LogP contribution in [0.5, 0.6) is 0 Å². The van der Waals surface area contributed by atoms with Gasteiger partial charge in [-0.25, -0.2) is 4.98 Å². The van der Waals surface area contributed by atoms with Crippen LogP contribution in [0.4, 0.5) is 0 Å². The van der Waals surface area contributed by atoms with Crippen molar-refractivity contribution in [1.82, 2.24) is 9.55 Å². The van der Waals surface area contributed by atoms with E-state index in [0.29, 0.717) is 0 Å². The molecule has 0 fully saturated rings. The first-order chi connectivity index (χ1) is 19.9. The predicted octanol–water partition coefficient (Wildman–Crippen LogP) is 10.6. The number of allylic oxidation sites excluding steroid dienone is 6. The molecule has 0 saturated heterocycles. The van der Waals surface area contributed by atoms with E-state index < -0.39 is 0 Å². The lowest BCUT2D eigenvalue weighted by molar-refractivity contribution is 0.440. The van der Waals surface area contributed by atoms with Gasteiger partial charge in [0.15, 0.2) is 0 Å². The molecule has 210 valence electrons. The maximum Gasteiger partial charge on any atom is 0.144 e. The summed E-state index contributed by atoms with van der Waals surface area (Å²) in [6.45, 7) is 13.8. The first kappa shape index (κ1) is 28.6. The van der Waals surface area contributed by atoms with Gasteiger partial charge in [-0.1, -0.05) is 107 Å². The average molecular weight is 541 g/mol. The Balaban J connectivity index is 1.73. The highest BCUT2D eigenvalue weighted by molar-refractivity contribution is 5.79. The van der Waals surface area contributed by atoms with E-state index in [4.69, 9.17) is 4.98 Å². The molecule has 3 aromatic carbocycles. The Morgan fingerprint density at radius 1 is 0.829 bits per heavy atom. The van der Waals surface area contributed by atoms with Crippen molar-refractivity contribution in [3.05, 3.63) is 125 Å². The highest BCUT2D eigenvalue weighted by Crippen LogP contribution is 2.41. The van der Waals surface area contributed by atoms with E-state index in [0.717, 1.165) is 37.9 Å². The normalized spacial score (nSPS) is 13.4. The minimum absolute atomic E-state index is 0.0588. The number of aromatic nitrogens is 2. The van der Waals surface area contributed by atoms with Gasteiger partial charge in [0.1, 0.15) is 5.82 Å². The van der Waals surface area contributed by atoms with E-state index in [1.54, 1.807) is 0 Å². The van der Waals surface area contributed by atoms with Crippen LogP contribution in [0.3, 0.4) is 0 Å². The molecule has 1 heterocycles. The number of imidazole rings is 1. The van der Waals surface area contributed by atoms with Crippen molar-refractivity contribution in [1.29, 1.82) is 0 Å². The average Bonchev–Trinajstić information content (AvgIpc) is 3.34. The quantitative estimate of drug-likeness (QED) is 0.206. The number of nitrogens with zero attached hydrogens (tertiary/aromatic N) is 2. The molecule has 0 amide bonds. The minimum atomic E-state index is 0.0588. The van der Waals surface area contributed by atoms with Crippen LogP contribution in [-0.2, 0) is 18.3 Å². The summed E-state index contributed by atoms with van der Waals surface area (Å²) in [7, 11) is 0. The lowest BCUT2D eigenvalue weighted by Gasteiger charge is -2.30. The van der Waals surface area contributed by atoms with E-state index in [-0.39, 0.29) is 5.41 Å². The van der Waals surface area contributed by atoms with E-state index >= 15 is 0 Å². The van der Waals surface area contributed by atoms with Gasteiger partial charge in [0.05, 0.1) is 5.69 Å². The Labute approximate surface area is 247 Å². The third-order valence-corrected chi connectivity index (χ3v) is 9.23. The topological polar surface area (TPSA) is 17.8 Å². The Morgan fingerprint density at radius 2 is 1.56 bits per heavy atom. The second-order valence-corrected chi connectivity index (χ2v) is 11.5. The van der Waals surface area contributed by atoms with Gasteiger partial charge in [0, 0.05) is 18.0 Å². The largest absolute Gasteiger partial charge is 0.300 e. The molecule has 5 rings (SSSR count). The molecule has 0 spiro atoms. The molecular formula is C39H44N2. The van der Waals surface area contributed by atoms with Gasteiger partial charge in [-0.3, -0.25) is 4.57 Å². The highest BCUT2D eigenvalue weighted by atomic mass is 15.1. The van der Waals surface area contributed by atoms with Crippen molar-refractivity contribution in [2.75, 3.05) is 0 Å². The molecule has 41 heavy (non-hydrogen) atoms. The molecule has 4 aromatic rings. The molecule has 0 radical (unpaired) electrons. The molecule has 0 saturated carbocycles. The molecule has 1 aromatic heterocycles. The molecule has 0 N–H and O–H groups in total. The molecule has 2 nitrogen and oxygen atoms in total. The third-order valence-electron chi connectivity index (χ3n) is 9.23. The molecule has 1 aliphatic rings. The van der Waals surface area contributed by atoms with E-state index in [9.17, 15) is 0 Å².